The zero-order chi connectivity index (χ0) is 44.2. The highest BCUT2D eigenvalue weighted by Gasteiger charge is 2.38. The lowest BCUT2D eigenvalue weighted by Gasteiger charge is -2.37. The lowest BCUT2D eigenvalue weighted by atomic mass is 9.77. The molecule has 0 saturated heterocycles. The predicted molar refractivity (Wildman–Crippen MR) is 241 cm³/mol. The minimum absolute atomic E-state index is 0.0147. The van der Waals surface area contributed by atoms with Crippen molar-refractivity contribution in [2.75, 3.05) is 6.54 Å². The number of rotatable bonds is 21. The second-order valence-electron chi connectivity index (χ2n) is 15.4. The number of benzene rings is 5. The normalized spacial score (nSPS) is 12.7. The van der Waals surface area contributed by atoms with Crippen molar-refractivity contribution in [2.45, 2.75) is 76.7 Å². The van der Waals surface area contributed by atoms with Gasteiger partial charge < -0.3 is 31.3 Å². The summed E-state index contributed by atoms with van der Waals surface area (Å²) in [5.74, 6) is -1.72. The summed E-state index contributed by atoms with van der Waals surface area (Å²) in [4.78, 5) is 68.2. The van der Waals surface area contributed by atoms with E-state index in [9.17, 15) is 24.0 Å². The molecule has 0 bridgehead atoms. The molecule has 5 aromatic rings. The first-order valence-electron chi connectivity index (χ1n) is 21.1. The average molecular weight is 836 g/mol. The molecule has 0 heterocycles. The summed E-state index contributed by atoms with van der Waals surface area (Å²) < 4.78 is 5.42. The minimum atomic E-state index is -1.09. The SMILES string of the molecule is CCNC(=O)/C=C/[C@H](CCC(=O)NC(c1ccccc1)(c1ccccc1)c1ccccc1)NC(=O)[C@H](Cc1ccccc1)NC(=O)[C@H](CC(C)C)NC(=O)OCc1ccccc1. The molecule has 0 aliphatic carbocycles. The first kappa shape index (κ1) is 46.1. The zero-order valence-corrected chi connectivity index (χ0v) is 35.6. The molecule has 0 radical (unpaired) electrons. The summed E-state index contributed by atoms with van der Waals surface area (Å²) in [7, 11) is 0. The Balaban J connectivity index is 1.38. The van der Waals surface area contributed by atoms with Crippen molar-refractivity contribution in [2.24, 2.45) is 5.92 Å². The van der Waals surface area contributed by atoms with E-state index in [-0.39, 0.29) is 50.0 Å². The first-order chi connectivity index (χ1) is 30.1. The molecule has 62 heavy (non-hydrogen) atoms. The molecule has 11 heteroatoms. The van der Waals surface area contributed by atoms with Gasteiger partial charge in [0.1, 0.15) is 24.2 Å². The summed E-state index contributed by atoms with van der Waals surface area (Å²) in [5.41, 5.74) is 3.12. The maximum Gasteiger partial charge on any atom is 0.408 e. The van der Waals surface area contributed by atoms with Gasteiger partial charge in [-0.3, -0.25) is 19.2 Å². The molecule has 0 saturated carbocycles. The molecule has 0 aliphatic heterocycles. The molecule has 5 N–H and O–H groups in total. The number of alkyl carbamates (subject to hydrolysis) is 1. The largest absolute Gasteiger partial charge is 0.445 e. The Hall–Kier alpha value is -7.01. The van der Waals surface area contributed by atoms with Crippen LogP contribution in [0, 0.1) is 5.92 Å². The summed E-state index contributed by atoms with van der Waals surface area (Å²) in [5, 5.41) is 14.7. The fourth-order valence-electron chi connectivity index (χ4n) is 7.22. The highest BCUT2D eigenvalue weighted by molar-refractivity contribution is 5.92. The standard InChI is InChI=1S/C51H57N5O6/c1-4-52-46(57)32-30-43(31-33-47(58)56-51(40-24-14-7-15-25-40,41-26-16-8-17-27-41)42-28-18-9-19-29-42)53-48(59)45(35-38-20-10-5-11-21-38)54-49(60)44(34-37(2)3)55-50(61)62-36-39-22-12-6-13-23-39/h5-30,32,37,43-45H,4,31,33-36H2,1-3H3,(H,52,57)(H,53,59)(H,54,60)(H,55,61)(H,56,58)/b32-30+/t43-,44+,45+/m1/s1. The van der Waals surface area contributed by atoms with Crippen molar-refractivity contribution in [1.29, 1.82) is 0 Å². The van der Waals surface area contributed by atoms with E-state index in [0.717, 1.165) is 27.8 Å². The Morgan fingerprint density at radius 2 is 1.10 bits per heavy atom. The minimum Gasteiger partial charge on any atom is -0.445 e. The van der Waals surface area contributed by atoms with E-state index in [1.807, 2.05) is 166 Å². The molecular weight excluding hydrogens is 779 g/mol. The Labute approximate surface area is 364 Å². The van der Waals surface area contributed by atoms with Gasteiger partial charge in [0.2, 0.25) is 23.6 Å². The Kier molecular flexibility index (Phi) is 17.6. The van der Waals surface area contributed by atoms with Crippen LogP contribution >= 0.6 is 0 Å². The van der Waals surface area contributed by atoms with E-state index in [1.165, 1.54) is 6.08 Å². The van der Waals surface area contributed by atoms with Gasteiger partial charge in [-0.2, -0.15) is 0 Å². The second-order valence-corrected chi connectivity index (χ2v) is 15.4. The van der Waals surface area contributed by atoms with Gasteiger partial charge in [0.05, 0.1) is 0 Å². The van der Waals surface area contributed by atoms with Gasteiger partial charge >= 0.3 is 6.09 Å². The van der Waals surface area contributed by atoms with Gasteiger partial charge in [-0.1, -0.05) is 172 Å². The van der Waals surface area contributed by atoms with Crippen LogP contribution in [0.25, 0.3) is 0 Å². The van der Waals surface area contributed by atoms with Crippen LogP contribution in [0.4, 0.5) is 4.79 Å². The number of nitrogens with one attached hydrogen (secondary N) is 5. The number of ether oxygens (including phenoxy) is 1. The number of carbonyl (C=O) groups is 5. The van der Waals surface area contributed by atoms with Crippen LogP contribution in [0.1, 0.15) is 67.9 Å². The molecule has 0 spiro atoms. The van der Waals surface area contributed by atoms with Gasteiger partial charge in [-0.15, -0.1) is 0 Å². The van der Waals surface area contributed by atoms with Crippen LogP contribution in [0.3, 0.4) is 0 Å². The summed E-state index contributed by atoms with van der Waals surface area (Å²) in [6, 6.07) is 44.8. The fourth-order valence-corrected chi connectivity index (χ4v) is 7.22. The Morgan fingerprint density at radius 1 is 0.613 bits per heavy atom. The number of hydrogen-bond acceptors (Lipinski definition) is 6. The van der Waals surface area contributed by atoms with Crippen molar-refractivity contribution >= 4 is 29.7 Å². The third-order valence-corrected chi connectivity index (χ3v) is 10.2. The summed E-state index contributed by atoms with van der Waals surface area (Å²) >= 11 is 0. The molecule has 0 unspecified atom stereocenters. The van der Waals surface area contributed by atoms with Gasteiger partial charge in [0, 0.05) is 31.5 Å². The maximum absolute atomic E-state index is 14.3. The number of carbonyl (C=O) groups excluding carboxylic acids is 5. The molecule has 5 aromatic carbocycles. The average Bonchev–Trinajstić information content (AvgIpc) is 3.29. The quantitative estimate of drug-likeness (QED) is 0.0392. The van der Waals surface area contributed by atoms with Gasteiger partial charge in [0.25, 0.3) is 0 Å². The van der Waals surface area contributed by atoms with Crippen molar-refractivity contribution in [3.63, 3.8) is 0 Å². The number of amides is 5. The highest BCUT2D eigenvalue weighted by Crippen LogP contribution is 2.37. The second kappa shape index (κ2) is 23.7. The van der Waals surface area contributed by atoms with Crippen LogP contribution in [0.15, 0.2) is 164 Å². The van der Waals surface area contributed by atoms with E-state index in [4.69, 9.17) is 4.74 Å². The Morgan fingerprint density at radius 3 is 1.60 bits per heavy atom. The molecule has 11 nitrogen and oxygen atoms in total. The number of hydrogen-bond donors (Lipinski definition) is 5. The van der Waals surface area contributed by atoms with Gasteiger partial charge in [-0.05, 0) is 53.5 Å². The highest BCUT2D eigenvalue weighted by atomic mass is 16.5. The fraction of sp³-hybridized carbons (Fsp3) is 0.275. The third-order valence-electron chi connectivity index (χ3n) is 10.2. The van der Waals surface area contributed by atoms with Gasteiger partial charge in [-0.25, -0.2) is 4.79 Å². The molecule has 0 aromatic heterocycles. The number of likely N-dealkylation sites (N-methyl/N-ethyl adjacent to an activating group) is 1. The molecule has 322 valence electrons. The monoisotopic (exact) mass is 835 g/mol. The van der Waals surface area contributed by atoms with E-state index in [1.54, 1.807) is 13.0 Å². The van der Waals surface area contributed by atoms with E-state index < -0.39 is 41.6 Å². The molecule has 0 fully saturated rings. The van der Waals surface area contributed by atoms with Crippen LogP contribution in [-0.2, 0) is 42.5 Å². The van der Waals surface area contributed by atoms with Crippen molar-refractivity contribution < 1.29 is 28.7 Å². The lowest BCUT2D eigenvalue weighted by Crippen LogP contribution is -2.55. The van der Waals surface area contributed by atoms with Gasteiger partial charge in [0.15, 0.2) is 0 Å². The van der Waals surface area contributed by atoms with Crippen molar-refractivity contribution in [1.82, 2.24) is 26.6 Å². The molecule has 3 atom stereocenters. The van der Waals surface area contributed by atoms with Crippen LogP contribution in [-0.4, -0.2) is 54.4 Å². The lowest BCUT2D eigenvalue weighted by molar-refractivity contribution is -0.130. The summed E-state index contributed by atoms with van der Waals surface area (Å²) in [6.45, 7) is 6.08. The maximum atomic E-state index is 14.3. The van der Waals surface area contributed by atoms with Crippen molar-refractivity contribution in [3.05, 3.63) is 192 Å². The zero-order valence-electron chi connectivity index (χ0n) is 35.6. The van der Waals surface area contributed by atoms with E-state index in [2.05, 4.69) is 26.6 Å². The van der Waals surface area contributed by atoms with Crippen molar-refractivity contribution in [3.8, 4) is 0 Å². The van der Waals surface area contributed by atoms with Crippen LogP contribution < -0.4 is 26.6 Å². The smallest absolute Gasteiger partial charge is 0.408 e. The van der Waals surface area contributed by atoms with E-state index in [0.29, 0.717) is 6.54 Å². The molecule has 5 rings (SSSR count). The topological polar surface area (TPSA) is 155 Å². The molecule has 0 aliphatic rings. The molecule has 5 amide bonds. The predicted octanol–water partition coefficient (Wildman–Crippen LogP) is 7.12. The third kappa shape index (κ3) is 13.8. The van der Waals surface area contributed by atoms with Crippen LogP contribution in [0.2, 0.25) is 0 Å². The van der Waals surface area contributed by atoms with E-state index >= 15 is 0 Å². The first-order valence-corrected chi connectivity index (χ1v) is 21.1. The Bertz CT molecular complexity index is 2110. The summed E-state index contributed by atoms with van der Waals surface area (Å²) in [6.07, 6.45) is 2.65. The molecular formula is C51H57N5O6. The van der Waals surface area contributed by atoms with Crippen LogP contribution in [0.5, 0.6) is 0 Å².